The van der Waals surface area contributed by atoms with Crippen LogP contribution in [0.15, 0.2) is 30.4 Å². The van der Waals surface area contributed by atoms with Gasteiger partial charge in [0.05, 0.1) is 0 Å². The molecule has 0 aliphatic rings. The molecule has 0 aliphatic heterocycles. The summed E-state index contributed by atoms with van der Waals surface area (Å²) in [5.41, 5.74) is 0. The number of hydrogen-bond donors (Lipinski definition) is 1. The van der Waals surface area contributed by atoms with Gasteiger partial charge in [0, 0.05) is 12.1 Å². The third-order valence-corrected chi connectivity index (χ3v) is 1.50. The molecule has 0 radical (unpaired) electrons. The van der Waals surface area contributed by atoms with Gasteiger partial charge in [-0.2, -0.15) is 0 Å². The maximum atomic E-state index is 12.6. The number of aliphatic carboxylic acids is 1. The molecule has 1 aromatic carbocycles. The number of hydrogen-bond acceptors (Lipinski definition) is 2. The summed E-state index contributed by atoms with van der Waals surface area (Å²) in [4.78, 5) is 10.1. The molecule has 0 atom stereocenters. The molecule has 0 saturated heterocycles. The fraction of sp³-hybridized carbons (Fsp3) is 0.100. The van der Waals surface area contributed by atoms with E-state index in [0.717, 1.165) is 18.2 Å². The first kappa shape index (κ1) is 11.2. The van der Waals surface area contributed by atoms with Gasteiger partial charge in [-0.25, -0.2) is 13.6 Å². The highest BCUT2D eigenvalue weighted by atomic mass is 19.2. The lowest BCUT2D eigenvalue weighted by Crippen LogP contribution is -1.96. The number of ether oxygens (including phenoxy) is 1. The summed E-state index contributed by atoms with van der Waals surface area (Å²) < 4.78 is 30.1. The lowest BCUT2D eigenvalue weighted by atomic mass is 10.3. The van der Waals surface area contributed by atoms with Crippen molar-refractivity contribution in [3.8, 4) is 5.75 Å². The molecule has 0 heterocycles. The molecule has 0 amide bonds. The SMILES string of the molecule is O=C(O)C=CCOc1ccc(F)c(F)c1. The van der Waals surface area contributed by atoms with Crippen LogP contribution in [-0.4, -0.2) is 17.7 Å². The normalized spacial score (nSPS) is 10.5. The molecule has 15 heavy (non-hydrogen) atoms. The molecule has 0 spiro atoms. The van der Waals surface area contributed by atoms with Gasteiger partial charge in [0.2, 0.25) is 0 Å². The summed E-state index contributed by atoms with van der Waals surface area (Å²) in [6.45, 7) is -0.0165. The molecule has 3 nitrogen and oxygen atoms in total. The van der Waals surface area contributed by atoms with Gasteiger partial charge in [-0.3, -0.25) is 0 Å². The zero-order valence-electron chi connectivity index (χ0n) is 7.61. The Morgan fingerprint density at radius 1 is 1.40 bits per heavy atom. The minimum absolute atomic E-state index is 0.0165. The van der Waals surface area contributed by atoms with Crippen LogP contribution in [0.4, 0.5) is 8.78 Å². The number of carbonyl (C=O) groups is 1. The van der Waals surface area contributed by atoms with Crippen LogP contribution >= 0.6 is 0 Å². The van der Waals surface area contributed by atoms with Gasteiger partial charge < -0.3 is 9.84 Å². The Morgan fingerprint density at radius 3 is 2.73 bits per heavy atom. The molecular formula is C10H8F2O3. The largest absolute Gasteiger partial charge is 0.489 e. The molecule has 80 valence electrons. The van der Waals surface area contributed by atoms with E-state index >= 15 is 0 Å². The van der Waals surface area contributed by atoms with Crippen LogP contribution in [0, 0.1) is 11.6 Å². The number of carboxylic acid groups (broad SMARTS) is 1. The van der Waals surface area contributed by atoms with Gasteiger partial charge in [0.25, 0.3) is 0 Å². The molecule has 0 fully saturated rings. The minimum Gasteiger partial charge on any atom is -0.489 e. The standard InChI is InChI=1S/C10H8F2O3/c11-8-4-3-7(6-9(8)12)15-5-1-2-10(13)14/h1-4,6H,5H2,(H,13,14). The Kier molecular flexibility index (Phi) is 3.79. The topological polar surface area (TPSA) is 46.5 Å². The summed E-state index contributed by atoms with van der Waals surface area (Å²) >= 11 is 0. The van der Waals surface area contributed by atoms with Gasteiger partial charge in [-0.1, -0.05) is 0 Å². The van der Waals surface area contributed by atoms with E-state index in [4.69, 9.17) is 9.84 Å². The number of halogens is 2. The summed E-state index contributed by atoms with van der Waals surface area (Å²) in [7, 11) is 0. The maximum absolute atomic E-state index is 12.6. The molecule has 5 heteroatoms. The van der Waals surface area contributed by atoms with Crippen molar-refractivity contribution in [1.29, 1.82) is 0 Å². The molecule has 1 rings (SSSR count). The Hall–Kier alpha value is -1.91. The Bertz CT molecular complexity index is 388. The van der Waals surface area contributed by atoms with Crippen LogP contribution in [0.3, 0.4) is 0 Å². The first-order valence-electron chi connectivity index (χ1n) is 4.07. The Morgan fingerprint density at radius 2 is 2.13 bits per heavy atom. The summed E-state index contributed by atoms with van der Waals surface area (Å²) in [5, 5.41) is 8.24. The minimum atomic E-state index is -1.09. The predicted octanol–water partition coefficient (Wildman–Crippen LogP) is 1.98. The van der Waals surface area contributed by atoms with E-state index in [1.54, 1.807) is 0 Å². The molecule has 0 bridgehead atoms. The highest BCUT2D eigenvalue weighted by Crippen LogP contribution is 2.15. The van der Waals surface area contributed by atoms with E-state index in [-0.39, 0.29) is 12.4 Å². The highest BCUT2D eigenvalue weighted by Gasteiger charge is 2.02. The van der Waals surface area contributed by atoms with Crippen LogP contribution in [0.2, 0.25) is 0 Å². The fourth-order valence-electron chi connectivity index (χ4n) is 0.860. The van der Waals surface area contributed by atoms with Crippen LogP contribution in [0.5, 0.6) is 5.75 Å². The van der Waals surface area contributed by atoms with Gasteiger partial charge in [-0.05, 0) is 18.2 Å². The molecular weight excluding hydrogens is 206 g/mol. The Labute approximate surface area is 84.6 Å². The van der Waals surface area contributed by atoms with Crippen molar-refractivity contribution >= 4 is 5.97 Å². The van der Waals surface area contributed by atoms with Crippen LogP contribution in [0.25, 0.3) is 0 Å². The fourth-order valence-corrected chi connectivity index (χ4v) is 0.860. The predicted molar refractivity (Wildman–Crippen MR) is 48.6 cm³/mol. The first-order chi connectivity index (χ1) is 7.09. The second-order valence-corrected chi connectivity index (χ2v) is 2.63. The molecule has 0 aliphatic carbocycles. The van der Waals surface area contributed by atoms with E-state index in [0.29, 0.717) is 0 Å². The summed E-state index contributed by atoms with van der Waals surface area (Å²) in [5.74, 6) is -2.91. The Balaban J connectivity index is 2.51. The second-order valence-electron chi connectivity index (χ2n) is 2.63. The van der Waals surface area contributed by atoms with Crippen molar-refractivity contribution in [3.63, 3.8) is 0 Å². The number of carboxylic acids is 1. The smallest absolute Gasteiger partial charge is 0.328 e. The van der Waals surface area contributed by atoms with E-state index in [1.807, 2.05) is 0 Å². The third-order valence-electron chi connectivity index (χ3n) is 1.50. The number of rotatable bonds is 4. The van der Waals surface area contributed by atoms with Crippen molar-refractivity contribution in [2.24, 2.45) is 0 Å². The number of benzene rings is 1. The maximum Gasteiger partial charge on any atom is 0.328 e. The monoisotopic (exact) mass is 214 g/mol. The molecule has 0 saturated carbocycles. The van der Waals surface area contributed by atoms with Gasteiger partial charge in [-0.15, -0.1) is 0 Å². The molecule has 0 unspecified atom stereocenters. The quantitative estimate of drug-likeness (QED) is 0.779. The third kappa shape index (κ3) is 3.76. The van der Waals surface area contributed by atoms with Crippen molar-refractivity contribution in [2.75, 3.05) is 6.61 Å². The van der Waals surface area contributed by atoms with Gasteiger partial charge >= 0.3 is 5.97 Å². The summed E-state index contributed by atoms with van der Waals surface area (Å²) in [6, 6.07) is 3.09. The average Bonchev–Trinajstić information content (AvgIpc) is 2.18. The van der Waals surface area contributed by atoms with Crippen molar-refractivity contribution in [1.82, 2.24) is 0 Å². The van der Waals surface area contributed by atoms with E-state index < -0.39 is 17.6 Å². The first-order valence-corrected chi connectivity index (χ1v) is 4.07. The van der Waals surface area contributed by atoms with Crippen molar-refractivity contribution < 1.29 is 23.4 Å². The zero-order chi connectivity index (χ0) is 11.3. The highest BCUT2D eigenvalue weighted by molar-refractivity contribution is 5.79. The van der Waals surface area contributed by atoms with E-state index in [9.17, 15) is 13.6 Å². The van der Waals surface area contributed by atoms with Crippen molar-refractivity contribution in [3.05, 3.63) is 42.0 Å². The molecule has 0 aromatic heterocycles. The summed E-state index contributed by atoms with van der Waals surface area (Å²) in [6.07, 6.45) is 2.16. The van der Waals surface area contributed by atoms with Gasteiger partial charge in [0.1, 0.15) is 12.4 Å². The lowest BCUT2D eigenvalue weighted by Gasteiger charge is -2.02. The van der Waals surface area contributed by atoms with Crippen molar-refractivity contribution in [2.45, 2.75) is 0 Å². The zero-order valence-corrected chi connectivity index (χ0v) is 7.61. The lowest BCUT2D eigenvalue weighted by molar-refractivity contribution is -0.131. The van der Waals surface area contributed by atoms with E-state index in [2.05, 4.69) is 0 Å². The molecule has 1 N–H and O–H groups in total. The van der Waals surface area contributed by atoms with Crippen LogP contribution < -0.4 is 4.74 Å². The molecule has 1 aromatic rings. The van der Waals surface area contributed by atoms with E-state index in [1.165, 1.54) is 12.1 Å². The van der Waals surface area contributed by atoms with Crippen LogP contribution in [0.1, 0.15) is 0 Å². The average molecular weight is 214 g/mol. The van der Waals surface area contributed by atoms with Crippen LogP contribution in [-0.2, 0) is 4.79 Å². The van der Waals surface area contributed by atoms with Gasteiger partial charge in [0.15, 0.2) is 11.6 Å². The second kappa shape index (κ2) is 5.09.